The fourth-order valence-electron chi connectivity index (χ4n) is 1.80. The van der Waals surface area contributed by atoms with Crippen LogP contribution in [0.25, 0.3) is 0 Å². The van der Waals surface area contributed by atoms with E-state index < -0.39 is 0 Å². The normalized spacial score (nSPS) is 10.1. The molecule has 3 nitrogen and oxygen atoms in total. The van der Waals surface area contributed by atoms with Gasteiger partial charge in [0, 0.05) is 6.20 Å². The Morgan fingerprint density at radius 2 is 2.00 bits per heavy atom. The Labute approximate surface area is 108 Å². The summed E-state index contributed by atoms with van der Waals surface area (Å²) in [4.78, 5) is 4.27. The Balaban J connectivity index is 2.11. The van der Waals surface area contributed by atoms with Crippen molar-refractivity contribution in [2.75, 3.05) is 7.11 Å². The second-order valence-corrected chi connectivity index (χ2v) is 4.20. The molecule has 0 amide bonds. The molecule has 0 radical (unpaired) electrons. The van der Waals surface area contributed by atoms with E-state index in [1.807, 2.05) is 45.1 Å². The second-order valence-electron chi connectivity index (χ2n) is 4.20. The molecule has 18 heavy (non-hydrogen) atoms. The molecule has 0 fully saturated rings. The van der Waals surface area contributed by atoms with Crippen LogP contribution >= 0.6 is 0 Å². The number of pyridine rings is 1. The van der Waals surface area contributed by atoms with Crippen LogP contribution in [0.2, 0.25) is 0 Å². The second kappa shape index (κ2) is 5.58. The number of nitrogens with zero attached hydrogens (tertiary/aromatic N) is 1. The monoisotopic (exact) mass is 241 g/mol. The van der Waals surface area contributed by atoms with Crippen molar-refractivity contribution in [2.24, 2.45) is 0 Å². The summed E-state index contributed by atoms with van der Waals surface area (Å²) < 4.78 is 11.0. The highest BCUT2D eigenvalue weighted by Gasteiger charge is 2.05. The van der Waals surface area contributed by atoms with Gasteiger partial charge in [0.05, 0.1) is 12.8 Å². The summed E-state index contributed by atoms with van der Waals surface area (Å²) in [6.45, 7) is 2.51. The third-order valence-electron chi connectivity index (χ3n) is 2.80. The van der Waals surface area contributed by atoms with Crippen LogP contribution in [0.3, 0.4) is 0 Å². The first-order valence-corrected chi connectivity index (χ1v) is 5.88. The van der Waals surface area contributed by atoms with E-state index in [0.717, 1.165) is 22.7 Å². The van der Waals surface area contributed by atoms with Gasteiger partial charge in [-0.05, 0) is 42.2 Å². The third-order valence-corrected chi connectivity index (χ3v) is 2.80. The molecule has 0 saturated heterocycles. The lowest BCUT2D eigenvalue weighted by Gasteiger charge is -2.12. The smallest absolute Gasteiger partial charge is 0.149 e. The molecule has 0 spiro atoms. The van der Waals surface area contributed by atoms with Crippen molar-refractivity contribution in [3.8, 4) is 11.5 Å². The predicted molar refractivity (Wildman–Crippen MR) is 74.5 cm³/mol. The van der Waals surface area contributed by atoms with Crippen LogP contribution in [-0.4, -0.2) is 19.9 Å². The highest BCUT2D eigenvalue weighted by atomic mass is 16.5. The number of aromatic nitrogens is 1. The van der Waals surface area contributed by atoms with E-state index >= 15 is 0 Å². The summed E-state index contributed by atoms with van der Waals surface area (Å²) in [5.74, 6) is 1.67. The van der Waals surface area contributed by atoms with Crippen molar-refractivity contribution in [2.45, 2.75) is 13.5 Å². The van der Waals surface area contributed by atoms with Crippen molar-refractivity contribution in [1.82, 2.24) is 4.98 Å². The minimum atomic E-state index is 0.468. The fraction of sp³-hybridized carbons (Fsp3) is 0.214. The summed E-state index contributed by atoms with van der Waals surface area (Å²) in [6.07, 6.45) is 1.80. The van der Waals surface area contributed by atoms with Crippen LogP contribution in [0, 0.1) is 6.92 Å². The van der Waals surface area contributed by atoms with Crippen molar-refractivity contribution in [3.63, 3.8) is 0 Å². The summed E-state index contributed by atoms with van der Waals surface area (Å²) in [5, 5.41) is 0. The Kier molecular flexibility index (Phi) is 3.87. The van der Waals surface area contributed by atoms with E-state index in [0.29, 0.717) is 6.61 Å². The maximum Gasteiger partial charge on any atom is 0.149 e. The van der Waals surface area contributed by atoms with E-state index in [9.17, 15) is 0 Å². The van der Waals surface area contributed by atoms with Crippen LogP contribution in [-0.2, 0) is 6.61 Å². The van der Waals surface area contributed by atoms with Crippen molar-refractivity contribution < 1.29 is 9.47 Å². The molecule has 92 valence electrons. The zero-order valence-electron chi connectivity index (χ0n) is 10.9. The molecule has 0 N–H and O–H groups in total. The SMILES string of the molecule is Bc1c(OC)cccc1OCc1cc(C)ccn1. The molecule has 0 atom stereocenters. The Bertz CT molecular complexity index is 543. The molecule has 0 bridgehead atoms. The number of rotatable bonds is 4. The molecule has 2 rings (SSSR count). The quantitative estimate of drug-likeness (QED) is 0.754. The average molecular weight is 241 g/mol. The van der Waals surface area contributed by atoms with E-state index in [-0.39, 0.29) is 0 Å². The summed E-state index contributed by atoms with van der Waals surface area (Å²) in [6, 6.07) is 9.78. The van der Waals surface area contributed by atoms with Gasteiger partial charge in [-0.1, -0.05) is 6.07 Å². The van der Waals surface area contributed by atoms with Gasteiger partial charge in [0.1, 0.15) is 26.0 Å². The average Bonchev–Trinajstić information content (AvgIpc) is 2.38. The highest BCUT2D eigenvalue weighted by Crippen LogP contribution is 2.15. The van der Waals surface area contributed by atoms with Crippen LogP contribution in [0.4, 0.5) is 0 Å². The Morgan fingerprint density at radius 1 is 1.22 bits per heavy atom. The number of hydrogen-bond donors (Lipinski definition) is 0. The number of ether oxygens (including phenoxy) is 2. The van der Waals surface area contributed by atoms with Crippen LogP contribution < -0.4 is 14.9 Å². The number of benzene rings is 1. The first kappa shape index (κ1) is 12.5. The van der Waals surface area contributed by atoms with Crippen LogP contribution in [0.15, 0.2) is 36.5 Å². The van der Waals surface area contributed by atoms with Gasteiger partial charge in [0.25, 0.3) is 0 Å². The summed E-state index contributed by atoms with van der Waals surface area (Å²) in [5.41, 5.74) is 3.12. The van der Waals surface area contributed by atoms with Gasteiger partial charge in [-0.2, -0.15) is 0 Å². The van der Waals surface area contributed by atoms with Gasteiger partial charge in [-0.25, -0.2) is 0 Å². The van der Waals surface area contributed by atoms with Gasteiger partial charge >= 0.3 is 0 Å². The molecule has 1 aromatic heterocycles. The van der Waals surface area contributed by atoms with Crippen molar-refractivity contribution in [3.05, 3.63) is 47.8 Å². The molecule has 4 heteroatoms. The zero-order chi connectivity index (χ0) is 13.0. The van der Waals surface area contributed by atoms with Gasteiger partial charge in [0.15, 0.2) is 0 Å². The van der Waals surface area contributed by atoms with Gasteiger partial charge in [-0.15, -0.1) is 0 Å². The summed E-state index contributed by atoms with van der Waals surface area (Å²) >= 11 is 0. The van der Waals surface area contributed by atoms with E-state index in [4.69, 9.17) is 9.47 Å². The minimum Gasteiger partial charge on any atom is -0.497 e. The lowest BCUT2D eigenvalue weighted by atomic mass is 9.94. The first-order chi connectivity index (χ1) is 8.70. The first-order valence-electron chi connectivity index (χ1n) is 5.88. The van der Waals surface area contributed by atoms with E-state index in [1.165, 1.54) is 5.56 Å². The molecule has 1 aromatic carbocycles. The van der Waals surface area contributed by atoms with Crippen LogP contribution in [0.5, 0.6) is 11.5 Å². The van der Waals surface area contributed by atoms with Crippen LogP contribution in [0.1, 0.15) is 11.3 Å². The lowest BCUT2D eigenvalue weighted by Crippen LogP contribution is -2.12. The minimum absolute atomic E-state index is 0.468. The standard InChI is InChI=1S/C14H16BNO2/c1-10-6-7-16-11(8-10)9-18-13-5-3-4-12(17-2)14(13)15/h3-8H,9,15H2,1-2H3. The molecule has 0 saturated carbocycles. The third kappa shape index (κ3) is 2.83. The molecule has 0 aliphatic rings. The van der Waals surface area contributed by atoms with Crippen molar-refractivity contribution in [1.29, 1.82) is 0 Å². The van der Waals surface area contributed by atoms with E-state index in [1.54, 1.807) is 13.3 Å². The number of aryl methyl sites for hydroxylation is 1. The lowest BCUT2D eigenvalue weighted by molar-refractivity contribution is 0.302. The highest BCUT2D eigenvalue weighted by molar-refractivity contribution is 6.36. The molecular formula is C14H16BNO2. The van der Waals surface area contributed by atoms with Crippen molar-refractivity contribution >= 4 is 13.3 Å². The number of hydrogen-bond acceptors (Lipinski definition) is 3. The fourth-order valence-corrected chi connectivity index (χ4v) is 1.80. The van der Waals surface area contributed by atoms with E-state index in [2.05, 4.69) is 4.98 Å². The largest absolute Gasteiger partial charge is 0.497 e. The molecule has 0 unspecified atom stereocenters. The molecular weight excluding hydrogens is 225 g/mol. The molecule has 1 heterocycles. The molecule has 0 aliphatic heterocycles. The summed E-state index contributed by atoms with van der Waals surface area (Å²) in [7, 11) is 3.64. The van der Waals surface area contributed by atoms with Gasteiger partial charge in [-0.3, -0.25) is 4.98 Å². The number of methoxy groups -OCH3 is 1. The topological polar surface area (TPSA) is 31.4 Å². The van der Waals surface area contributed by atoms with Gasteiger partial charge in [0.2, 0.25) is 0 Å². The predicted octanol–water partition coefficient (Wildman–Crippen LogP) is 1.24. The van der Waals surface area contributed by atoms with Gasteiger partial charge < -0.3 is 9.47 Å². The maximum absolute atomic E-state index is 5.78. The molecule has 0 aliphatic carbocycles. The Morgan fingerprint density at radius 3 is 2.72 bits per heavy atom. The zero-order valence-corrected chi connectivity index (χ0v) is 10.9. The Hall–Kier alpha value is -1.97. The molecule has 2 aromatic rings. The maximum atomic E-state index is 5.78.